The van der Waals surface area contributed by atoms with Crippen molar-refractivity contribution in [3.05, 3.63) is 81.7 Å². The molecule has 1 amide bonds. The molecule has 29 heavy (non-hydrogen) atoms. The summed E-state index contributed by atoms with van der Waals surface area (Å²) in [5.74, 6) is -1.21. The van der Waals surface area contributed by atoms with Gasteiger partial charge in [-0.15, -0.1) is 11.3 Å². The highest BCUT2D eigenvalue weighted by atomic mass is 35.5. The number of benzene rings is 2. The first-order valence-corrected chi connectivity index (χ1v) is 9.73. The van der Waals surface area contributed by atoms with E-state index < -0.39 is 11.9 Å². The summed E-state index contributed by atoms with van der Waals surface area (Å²) < 4.78 is 4.90. The molecule has 144 valence electrons. The molecule has 0 aliphatic rings. The molecule has 0 saturated heterocycles. The number of halogens is 1. The van der Waals surface area contributed by atoms with E-state index in [1.807, 2.05) is 36.4 Å². The van der Waals surface area contributed by atoms with Crippen LogP contribution in [0.3, 0.4) is 0 Å². The Morgan fingerprint density at radius 3 is 2.48 bits per heavy atom. The molecule has 5 nitrogen and oxygen atoms in total. The third-order valence-corrected chi connectivity index (χ3v) is 5.30. The van der Waals surface area contributed by atoms with E-state index in [4.69, 9.17) is 16.3 Å². The van der Waals surface area contributed by atoms with E-state index in [1.54, 1.807) is 29.6 Å². The van der Waals surface area contributed by atoms with Crippen molar-refractivity contribution < 1.29 is 14.3 Å². The van der Waals surface area contributed by atoms with Gasteiger partial charge in [-0.25, -0.2) is 4.79 Å². The molecule has 0 saturated carbocycles. The topological polar surface area (TPSA) is 79.2 Å². The molecule has 1 aromatic heterocycles. The Labute approximate surface area is 176 Å². The van der Waals surface area contributed by atoms with Gasteiger partial charge < -0.3 is 10.1 Å². The summed E-state index contributed by atoms with van der Waals surface area (Å²) in [5, 5.41) is 14.6. The maximum Gasteiger partial charge on any atom is 0.341 e. The number of nitrogens with zero attached hydrogens (tertiary/aromatic N) is 1. The third kappa shape index (κ3) is 4.54. The molecule has 0 aliphatic heterocycles. The molecule has 0 radical (unpaired) electrons. The Morgan fingerprint density at radius 1 is 1.14 bits per heavy atom. The summed E-state index contributed by atoms with van der Waals surface area (Å²) in [5.41, 5.74) is 2.11. The summed E-state index contributed by atoms with van der Waals surface area (Å²) in [6.45, 7) is 0. The molecule has 7 heteroatoms. The van der Waals surface area contributed by atoms with Crippen LogP contribution in [0.25, 0.3) is 17.2 Å². The van der Waals surface area contributed by atoms with Gasteiger partial charge in [0.05, 0.1) is 7.11 Å². The minimum absolute atomic E-state index is 0.136. The largest absolute Gasteiger partial charge is 0.465 e. The van der Waals surface area contributed by atoms with Crippen LogP contribution < -0.4 is 5.32 Å². The van der Waals surface area contributed by atoms with Crippen molar-refractivity contribution in [2.75, 3.05) is 12.4 Å². The second-order valence-electron chi connectivity index (χ2n) is 5.86. The van der Waals surface area contributed by atoms with Crippen molar-refractivity contribution >= 4 is 45.9 Å². The van der Waals surface area contributed by atoms with Crippen molar-refractivity contribution in [1.29, 1.82) is 5.26 Å². The average Bonchev–Trinajstić information content (AvgIpc) is 3.16. The van der Waals surface area contributed by atoms with Crippen molar-refractivity contribution in [2.45, 2.75) is 0 Å². The molecule has 1 N–H and O–H groups in total. The molecular weight excluding hydrogens is 408 g/mol. The van der Waals surface area contributed by atoms with Gasteiger partial charge in [0.2, 0.25) is 0 Å². The Balaban J connectivity index is 1.96. The minimum atomic E-state index is -0.640. The van der Waals surface area contributed by atoms with E-state index in [0.717, 1.165) is 5.56 Å². The fraction of sp³-hybridized carbons (Fsp3) is 0.0455. The SMILES string of the molecule is COC(=O)c1c(-c2ccccc2)csc1NC(=O)C(C#N)=Cc1ccccc1Cl. The molecule has 0 spiro atoms. The van der Waals surface area contributed by atoms with Gasteiger partial charge >= 0.3 is 5.97 Å². The summed E-state index contributed by atoms with van der Waals surface area (Å²) in [4.78, 5) is 25.1. The predicted molar refractivity (Wildman–Crippen MR) is 115 cm³/mol. The number of nitriles is 1. The Kier molecular flexibility index (Phi) is 6.45. The van der Waals surface area contributed by atoms with Crippen LogP contribution in [0.2, 0.25) is 5.02 Å². The van der Waals surface area contributed by atoms with Gasteiger partial charge in [-0.1, -0.05) is 60.1 Å². The zero-order valence-corrected chi connectivity index (χ0v) is 16.9. The second kappa shape index (κ2) is 9.20. The fourth-order valence-electron chi connectivity index (χ4n) is 2.65. The van der Waals surface area contributed by atoms with Gasteiger partial charge in [0.25, 0.3) is 5.91 Å². The van der Waals surface area contributed by atoms with E-state index in [0.29, 0.717) is 21.2 Å². The number of rotatable bonds is 5. The number of hydrogen-bond donors (Lipinski definition) is 1. The number of carbonyl (C=O) groups excluding carboxylic acids is 2. The first-order valence-electron chi connectivity index (χ1n) is 8.48. The molecule has 0 bridgehead atoms. The highest BCUT2D eigenvalue weighted by Gasteiger charge is 2.23. The lowest BCUT2D eigenvalue weighted by Gasteiger charge is -2.07. The van der Waals surface area contributed by atoms with Crippen molar-refractivity contribution in [2.24, 2.45) is 0 Å². The van der Waals surface area contributed by atoms with Crippen LogP contribution in [0.4, 0.5) is 5.00 Å². The molecular formula is C22H15ClN2O3S. The Hall–Kier alpha value is -3.40. The van der Waals surface area contributed by atoms with Crippen LogP contribution in [0.15, 0.2) is 65.6 Å². The van der Waals surface area contributed by atoms with Crippen molar-refractivity contribution in [3.63, 3.8) is 0 Å². The van der Waals surface area contributed by atoms with Crippen molar-refractivity contribution in [3.8, 4) is 17.2 Å². The van der Waals surface area contributed by atoms with Gasteiger partial charge in [-0.2, -0.15) is 5.26 Å². The van der Waals surface area contributed by atoms with Gasteiger partial charge in [0, 0.05) is 16.0 Å². The summed E-state index contributed by atoms with van der Waals surface area (Å²) in [6, 6.07) is 18.1. The van der Waals surface area contributed by atoms with Crippen LogP contribution in [0, 0.1) is 11.3 Å². The van der Waals surface area contributed by atoms with E-state index >= 15 is 0 Å². The summed E-state index contributed by atoms with van der Waals surface area (Å²) in [6.07, 6.45) is 1.40. The minimum Gasteiger partial charge on any atom is -0.465 e. The number of esters is 1. The maximum atomic E-state index is 12.7. The molecule has 0 fully saturated rings. The molecule has 3 rings (SSSR count). The lowest BCUT2D eigenvalue weighted by atomic mass is 10.0. The molecule has 2 aromatic carbocycles. The highest BCUT2D eigenvalue weighted by molar-refractivity contribution is 7.15. The van der Waals surface area contributed by atoms with Crippen LogP contribution in [-0.4, -0.2) is 19.0 Å². The number of thiophene rings is 1. The van der Waals surface area contributed by atoms with E-state index in [-0.39, 0.29) is 11.1 Å². The number of anilines is 1. The van der Waals surface area contributed by atoms with Gasteiger partial charge in [0.1, 0.15) is 22.2 Å². The van der Waals surface area contributed by atoms with Crippen LogP contribution >= 0.6 is 22.9 Å². The van der Waals surface area contributed by atoms with E-state index in [2.05, 4.69) is 5.32 Å². The zero-order chi connectivity index (χ0) is 20.8. The number of amides is 1. The third-order valence-electron chi connectivity index (χ3n) is 4.06. The van der Waals surface area contributed by atoms with Gasteiger partial charge in [0.15, 0.2) is 0 Å². The lowest BCUT2D eigenvalue weighted by Crippen LogP contribution is -2.15. The molecule has 0 unspecified atom stereocenters. The van der Waals surface area contributed by atoms with Crippen LogP contribution in [-0.2, 0) is 9.53 Å². The summed E-state index contributed by atoms with van der Waals surface area (Å²) in [7, 11) is 1.28. The number of methoxy groups -OCH3 is 1. The highest BCUT2D eigenvalue weighted by Crippen LogP contribution is 2.36. The quantitative estimate of drug-likeness (QED) is 0.339. The Bertz CT molecular complexity index is 1130. The Morgan fingerprint density at radius 2 is 1.83 bits per heavy atom. The number of carbonyl (C=O) groups is 2. The molecule has 0 atom stereocenters. The smallest absolute Gasteiger partial charge is 0.341 e. The van der Waals surface area contributed by atoms with Crippen LogP contribution in [0.1, 0.15) is 15.9 Å². The van der Waals surface area contributed by atoms with E-state index in [1.165, 1.54) is 24.5 Å². The molecule has 3 aromatic rings. The first kappa shape index (κ1) is 20.3. The standard InChI is InChI=1S/C22H15ClN2O3S/c1-28-22(27)19-17(14-7-3-2-4-8-14)13-29-21(19)25-20(26)16(12-24)11-15-9-5-6-10-18(15)23/h2-11,13H,1H3,(H,25,26). The average molecular weight is 423 g/mol. The zero-order valence-electron chi connectivity index (χ0n) is 15.3. The number of hydrogen-bond acceptors (Lipinski definition) is 5. The van der Waals surface area contributed by atoms with Crippen LogP contribution in [0.5, 0.6) is 0 Å². The fourth-order valence-corrected chi connectivity index (χ4v) is 3.79. The van der Waals surface area contributed by atoms with Gasteiger partial charge in [-0.05, 0) is 23.3 Å². The molecule has 0 aliphatic carbocycles. The predicted octanol–water partition coefficient (Wildman–Crippen LogP) is 5.40. The normalized spacial score (nSPS) is 10.9. The summed E-state index contributed by atoms with van der Waals surface area (Å²) >= 11 is 7.29. The lowest BCUT2D eigenvalue weighted by molar-refractivity contribution is -0.112. The van der Waals surface area contributed by atoms with E-state index in [9.17, 15) is 14.9 Å². The first-order chi connectivity index (χ1) is 14.0. The van der Waals surface area contributed by atoms with Crippen molar-refractivity contribution in [1.82, 2.24) is 0 Å². The second-order valence-corrected chi connectivity index (χ2v) is 7.14. The maximum absolute atomic E-state index is 12.7. The number of ether oxygens (including phenoxy) is 1. The molecule has 1 heterocycles. The van der Waals surface area contributed by atoms with Gasteiger partial charge in [-0.3, -0.25) is 4.79 Å². The monoisotopic (exact) mass is 422 g/mol. The number of nitrogens with one attached hydrogen (secondary N) is 1.